The Morgan fingerprint density at radius 1 is 1.10 bits per heavy atom. The molecule has 0 bridgehead atoms. The Bertz CT molecular complexity index is 753. The molecule has 0 spiro atoms. The largest absolute Gasteiger partial charge is 0.598 e. The van der Waals surface area contributed by atoms with E-state index in [9.17, 15) is 23.2 Å². The molecule has 0 aliphatic rings. The number of hydrogen-bond acceptors (Lipinski definition) is 5. The first-order chi connectivity index (χ1) is 13.2. The molecule has 0 aromatic heterocycles. The summed E-state index contributed by atoms with van der Waals surface area (Å²) in [4.78, 5) is 12.1. The van der Waals surface area contributed by atoms with Gasteiger partial charge in [-0.3, -0.25) is 5.32 Å². The maximum absolute atomic E-state index is 14.9. The van der Waals surface area contributed by atoms with Crippen LogP contribution in [0.4, 0.5) is 19.3 Å². The van der Waals surface area contributed by atoms with E-state index in [2.05, 4.69) is 10.0 Å². The summed E-state index contributed by atoms with van der Waals surface area (Å²) in [6.07, 6.45) is -0.795. The van der Waals surface area contributed by atoms with Gasteiger partial charge >= 0.3 is 12.0 Å². The second-order valence-electron chi connectivity index (χ2n) is 9.82. The lowest BCUT2D eigenvalue weighted by Gasteiger charge is -2.31. The summed E-state index contributed by atoms with van der Waals surface area (Å²) in [6, 6.07) is 3.27. The minimum absolute atomic E-state index is 0.0795. The number of aliphatic hydroxyl groups is 1. The first-order valence-corrected chi connectivity index (χ1v) is 10.8. The summed E-state index contributed by atoms with van der Waals surface area (Å²) in [5.74, 6) is -3.60. The van der Waals surface area contributed by atoms with Gasteiger partial charge in [0.05, 0.1) is 6.04 Å². The molecule has 1 unspecified atom stereocenters. The van der Waals surface area contributed by atoms with Gasteiger partial charge < -0.3 is 14.4 Å². The van der Waals surface area contributed by atoms with E-state index in [-0.39, 0.29) is 5.69 Å². The summed E-state index contributed by atoms with van der Waals surface area (Å²) in [5.41, 5.74) is -3.12. The molecule has 0 fully saturated rings. The molecule has 30 heavy (non-hydrogen) atoms. The minimum Gasteiger partial charge on any atom is -0.598 e. The fourth-order valence-electron chi connectivity index (χ4n) is 2.34. The van der Waals surface area contributed by atoms with Crippen LogP contribution < -0.4 is 10.0 Å². The standard InChI is InChI=1S/C21H34F2N2O4S/c1-13(25-30(28)19(5,6)7)14-10-15(21(22,23)20(8,9)27)12-16(11-14)24-17(26)29-18(2,3)4/h10-13,25,27H,1-9H3,(H,24,26)/t13-,30?/m1/s1. The normalized spacial score (nSPS) is 15.5. The van der Waals surface area contributed by atoms with Crippen molar-refractivity contribution >= 4 is 23.1 Å². The second kappa shape index (κ2) is 8.98. The second-order valence-corrected chi connectivity index (χ2v) is 11.8. The van der Waals surface area contributed by atoms with Crippen molar-refractivity contribution in [2.75, 3.05) is 5.32 Å². The summed E-state index contributed by atoms with van der Waals surface area (Å²) in [5, 5.41) is 12.4. The first kappa shape index (κ1) is 26.6. The highest BCUT2D eigenvalue weighted by Crippen LogP contribution is 2.40. The average Bonchev–Trinajstić information content (AvgIpc) is 2.50. The summed E-state index contributed by atoms with van der Waals surface area (Å²) in [7, 11) is 0. The number of amides is 1. The fraction of sp³-hybridized carbons (Fsp3) is 0.667. The molecular formula is C21H34F2N2O4S. The van der Waals surface area contributed by atoms with Crippen LogP contribution in [0, 0.1) is 0 Å². The van der Waals surface area contributed by atoms with E-state index in [1.165, 1.54) is 12.1 Å². The number of hydrogen-bond donors (Lipinski definition) is 3. The molecule has 9 heteroatoms. The molecule has 0 radical (unpaired) electrons. The lowest BCUT2D eigenvalue weighted by Crippen LogP contribution is -2.41. The highest BCUT2D eigenvalue weighted by atomic mass is 32.2. The van der Waals surface area contributed by atoms with Crippen molar-refractivity contribution < 1.29 is 28.0 Å². The molecule has 172 valence electrons. The molecule has 0 aliphatic heterocycles. The monoisotopic (exact) mass is 448 g/mol. The zero-order valence-corrected chi connectivity index (χ0v) is 20.0. The van der Waals surface area contributed by atoms with Crippen molar-refractivity contribution in [3.05, 3.63) is 29.3 Å². The van der Waals surface area contributed by atoms with E-state index in [0.29, 0.717) is 5.56 Å². The first-order valence-electron chi connectivity index (χ1n) is 9.68. The van der Waals surface area contributed by atoms with E-state index >= 15 is 0 Å². The number of carbonyl (C=O) groups is 1. The number of nitrogens with one attached hydrogen (secondary N) is 2. The fourth-order valence-corrected chi connectivity index (χ4v) is 3.15. The van der Waals surface area contributed by atoms with Crippen LogP contribution in [0.3, 0.4) is 0 Å². The van der Waals surface area contributed by atoms with Crippen LogP contribution in [0.25, 0.3) is 0 Å². The number of anilines is 1. The highest BCUT2D eigenvalue weighted by Gasteiger charge is 2.47. The van der Waals surface area contributed by atoms with Crippen molar-refractivity contribution in [1.29, 1.82) is 0 Å². The number of rotatable bonds is 6. The van der Waals surface area contributed by atoms with Crippen LogP contribution in [-0.2, 0) is 22.0 Å². The molecule has 1 rings (SSSR count). The van der Waals surface area contributed by atoms with Crippen LogP contribution in [0.15, 0.2) is 18.2 Å². The van der Waals surface area contributed by atoms with Crippen molar-refractivity contribution in [3.63, 3.8) is 0 Å². The van der Waals surface area contributed by atoms with Gasteiger partial charge in [-0.1, -0.05) is 0 Å². The Balaban J connectivity index is 3.37. The molecular weight excluding hydrogens is 414 g/mol. The number of alkyl halides is 2. The maximum Gasteiger partial charge on any atom is 0.412 e. The van der Waals surface area contributed by atoms with Gasteiger partial charge in [-0.2, -0.15) is 8.78 Å². The van der Waals surface area contributed by atoms with Gasteiger partial charge in [-0.15, -0.1) is 4.72 Å². The summed E-state index contributed by atoms with van der Waals surface area (Å²) >= 11 is -1.44. The zero-order valence-electron chi connectivity index (χ0n) is 19.1. The number of halogens is 2. The number of ether oxygens (including phenoxy) is 1. The van der Waals surface area contributed by atoms with Gasteiger partial charge in [0.2, 0.25) is 0 Å². The highest BCUT2D eigenvalue weighted by molar-refractivity contribution is 7.90. The zero-order chi connectivity index (χ0) is 23.7. The van der Waals surface area contributed by atoms with Crippen molar-refractivity contribution in [1.82, 2.24) is 4.72 Å². The lowest BCUT2D eigenvalue weighted by molar-refractivity contribution is -0.168. The number of benzene rings is 1. The molecule has 0 saturated carbocycles. The van der Waals surface area contributed by atoms with E-state index in [1.54, 1.807) is 48.5 Å². The van der Waals surface area contributed by atoms with Crippen LogP contribution in [0.5, 0.6) is 0 Å². The predicted molar refractivity (Wildman–Crippen MR) is 116 cm³/mol. The molecule has 1 aromatic carbocycles. The smallest absolute Gasteiger partial charge is 0.412 e. The van der Waals surface area contributed by atoms with Gasteiger partial charge in [0.1, 0.15) is 15.9 Å². The third-order valence-electron chi connectivity index (χ3n) is 4.07. The Morgan fingerprint density at radius 2 is 1.63 bits per heavy atom. The van der Waals surface area contributed by atoms with E-state index < -0.39 is 50.9 Å². The third kappa shape index (κ3) is 7.37. The lowest BCUT2D eigenvalue weighted by atomic mass is 9.91. The maximum atomic E-state index is 14.9. The molecule has 1 aromatic rings. The van der Waals surface area contributed by atoms with Gasteiger partial charge in [-0.25, -0.2) is 4.79 Å². The average molecular weight is 449 g/mol. The molecule has 3 N–H and O–H groups in total. The van der Waals surface area contributed by atoms with Gasteiger partial charge in [0, 0.05) is 22.6 Å². The predicted octanol–water partition coefficient (Wildman–Crippen LogP) is 5.01. The van der Waals surface area contributed by atoms with Crippen LogP contribution in [0.1, 0.15) is 79.5 Å². The molecule has 0 aliphatic carbocycles. The number of carbonyl (C=O) groups excluding carboxylic acids is 1. The molecule has 0 saturated heterocycles. The Morgan fingerprint density at radius 3 is 2.07 bits per heavy atom. The van der Waals surface area contributed by atoms with Gasteiger partial charge in [-0.05, 0) is 86.1 Å². The van der Waals surface area contributed by atoms with Gasteiger partial charge in [0.25, 0.3) is 0 Å². The Hall–Kier alpha value is -1.42. The van der Waals surface area contributed by atoms with Crippen LogP contribution >= 0.6 is 0 Å². The van der Waals surface area contributed by atoms with E-state index in [4.69, 9.17) is 4.74 Å². The van der Waals surface area contributed by atoms with Gasteiger partial charge in [0.15, 0.2) is 0 Å². The third-order valence-corrected chi connectivity index (χ3v) is 5.75. The topological polar surface area (TPSA) is 93.7 Å². The van der Waals surface area contributed by atoms with Crippen molar-refractivity contribution in [2.45, 2.75) is 90.2 Å². The van der Waals surface area contributed by atoms with E-state index in [1.807, 2.05) is 0 Å². The summed E-state index contributed by atoms with van der Waals surface area (Å²) in [6.45, 7) is 14.1. The molecule has 0 heterocycles. The molecule has 6 nitrogen and oxygen atoms in total. The van der Waals surface area contributed by atoms with Crippen LogP contribution in [-0.4, -0.2) is 31.7 Å². The van der Waals surface area contributed by atoms with E-state index in [0.717, 1.165) is 19.9 Å². The summed E-state index contributed by atoms with van der Waals surface area (Å²) < 4.78 is 49.7. The quantitative estimate of drug-likeness (QED) is 0.532. The molecule has 1 amide bonds. The van der Waals surface area contributed by atoms with Crippen LogP contribution in [0.2, 0.25) is 0 Å². The molecule has 2 atom stereocenters. The SMILES string of the molecule is C[C@@H](N[S+]([O-])C(C)(C)C)c1cc(NC(=O)OC(C)(C)C)cc(C(F)(F)C(C)(C)O)c1. The van der Waals surface area contributed by atoms with Crippen molar-refractivity contribution in [2.24, 2.45) is 0 Å². The Kier molecular flexibility index (Phi) is 7.97. The Labute approximate surface area is 181 Å². The minimum atomic E-state index is -3.60. The van der Waals surface area contributed by atoms with Crippen molar-refractivity contribution in [3.8, 4) is 0 Å².